The number of methoxy groups -OCH3 is 1. The fraction of sp³-hybridized carbons (Fsp3) is 0.640. The fourth-order valence-corrected chi connectivity index (χ4v) is 5.91. The number of fused-ring (bicyclic) bond motifs is 2. The number of halogens is 1. The van der Waals surface area contributed by atoms with E-state index in [0.29, 0.717) is 32.3 Å². The molecule has 3 aliphatic rings. The molecular formula is C25H32FNO7. The number of carbonyl (C=O) groups is 3. The van der Waals surface area contributed by atoms with E-state index in [1.54, 1.807) is 6.92 Å². The van der Waals surface area contributed by atoms with Crippen LogP contribution < -0.4 is 14.8 Å². The third-order valence-electron chi connectivity index (χ3n) is 7.59. The Morgan fingerprint density at radius 1 is 1.06 bits per heavy atom. The first-order valence-electron chi connectivity index (χ1n) is 12.1. The number of carboxylic acid groups (broad SMARTS) is 1. The molecule has 0 radical (unpaired) electrons. The summed E-state index contributed by atoms with van der Waals surface area (Å²) in [7, 11) is 1.35. The van der Waals surface area contributed by atoms with E-state index >= 15 is 0 Å². The van der Waals surface area contributed by atoms with Crippen LogP contribution in [0, 0.1) is 29.5 Å². The van der Waals surface area contributed by atoms with E-state index in [2.05, 4.69) is 5.32 Å². The minimum Gasteiger partial charge on any atom is -0.496 e. The number of esters is 1. The quantitative estimate of drug-likeness (QED) is 0.551. The number of rotatable bonds is 8. The van der Waals surface area contributed by atoms with Crippen LogP contribution in [0.4, 0.5) is 4.39 Å². The molecule has 4 atom stereocenters. The van der Waals surface area contributed by atoms with Gasteiger partial charge in [-0.3, -0.25) is 14.4 Å². The van der Waals surface area contributed by atoms with Gasteiger partial charge in [0.05, 0.1) is 37.2 Å². The summed E-state index contributed by atoms with van der Waals surface area (Å²) < 4.78 is 30.9. The van der Waals surface area contributed by atoms with Gasteiger partial charge in [0, 0.05) is 12.1 Å². The lowest BCUT2D eigenvalue weighted by atomic mass is 9.84. The van der Waals surface area contributed by atoms with Crippen molar-refractivity contribution in [3.8, 4) is 11.5 Å². The number of hydrogen-bond donors (Lipinski definition) is 2. The molecule has 34 heavy (non-hydrogen) atoms. The first-order chi connectivity index (χ1) is 16.3. The summed E-state index contributed by atoms with van der Waals surface area (Å²) in [4.78, 5) is 36.9. The number of carboxylic acids is 1. The molecule has 2 bridgehead atoms. The van der Waals surface area contributed by atoms with E-state index in [-0.39, 0.29) is 46.9 Å². The number of amides is 1. The van der Waals surface area contributed by atoms with Gasteiger partial charge in [0.2, 0.25) is 0 Å². The van der Waals surface area contributed by atoms with Crippen molar-refractivity contribution in [3.63, 3.8) is 0 Å². The summed E-state index contributed by atoms with van der Waals surface area (Å²) in [6, 6.07) is 1.98. The Labute approximate surface area is 198 Å². The van der Waals surface area contributed by atoms with E-state index in [1.807, 2.05) is 0 Å². The molecule has 0 heterocycles. The molecule has 186 valence electrons. The molecule has 0 aliphatic heterocycles. The second-order valence-corrected chi connectivity index (χ2v) is 9.52. The first-order valence-corrected chi connectivity index (χ1v) is 12.1. The third-order valence-corrected chi connectivity index (χ3v) is 7.59. The van der Waals surface area contributed by atoms with Crippen molar-refractivity contribution < 1.29 is 38.1 Å². The lowest BCUT2D eigenvalue weighted by Crippen LogP contribution is -2.46. The second-order valence-electron chi connectivity index (χ2n) is 9.52. The normalized spacial score (nSPS) is 30.0. The Morgan fingerprint density at radius 3 is 2.41 bits per heavy atom. The molecule has 3 fully saturated rings. The van der Waals surface area contributed by atoms with Crippen LogP contribution in [0.3, 0.4) is 0 Å². The third kappa shape index (κ3) is 4.83. The van der Waals surface area contributed by atoms with Crippen LogP contribution in [0.5, 0.6) is 11.5 Å². The fourth-order valence-electron chi connectivity index (χ4n) is 5.91. The number of carbonyl (C=O) groups excluding carboxylic acids is 2. The molecule has 3 saturated carbocycles. The summed E-state index contributed by atoms with van der Waals surface area (Å²) in [5.74, 6) is -2.84. The molecule has 2 N–H and O–H groups in total. The van der Waals surface area contributed by atoms with E-state index in [4.69, 9.17) is 14.2 Å². The van der Waals surface area contributed by atoms with Gasteiger partial charge < -0.3 is 24.6 Å². The molecule has 0 aromatic heterocycles. The van der Waals surface area contributed by atoms with Gasteiger partial charge in [-0.15, -0.1) is 0 Å². The second kappa shape index (κ2) is 10.2. The van der Waals surface area contributed by atoms with E-state index in [1.165, 1.54) is 13.2 Å². The Morgan fingerprint density at radius 2 is 1.76 bits per heavy atom. The summed E-state index contributed by atoms with van der Waals surface area (Å²) in [6.45, 7) is 2.11. The summed E-state index contributed by atoms with van der Waals surface area (Å²) in [5.41, 5.74) is 0.103. The molecule has 0 saturated heterocycles. The Hall–Kier alpha value is -2.84. The van der Waals surface area contributed by atoms with Crippen molar-refractivity contribution in [1.29, 1.82) is 0 Å². The molecule has 3 aliphatic carbocycles. The van der Waals surface area contributed by atoms with Gasteiger partial charge in [0.1, 0.15) is 5.75 Å². The van der Waals surface area contributed by atoms with Crippen molar-refractivity contribution in [2.24, 2.45) is 23.7 Å². The molecule has 1 amide bonds. The van der Waals surface area contributed by atoms with Gasteiger partial charge in [-0.1, -0.05) is 0 Å². The van der Waals surface area contributed by atoms with Crippen LogP contribution in [0.1, 0.15) is 62.2 Å². The molecule has 4 rings (SSSR count). The predicted octanol–water partition coefficient (Wildman–Crippen LogP) is 3.56. The minimum absolute atomic E-state index is 0.0587. The van der Waals surface area contributed by atoms with Gasteiger partial charge in [0.15, 0.2) is 11.6 Å². The maximum atomic E-state index is 14.7. The number of benzene rings is 1. The van der Waals surface area contributed by atoms with Crippen LogP contribution in [0.2, 0.25) is 0 Å². The largest absolute Gasteiger partial charge is 0.496 e. The predicted molar refractivity (Wildman–Crippen MR) is 119 cm³/mol. The number of ether oxygens (including phenoxy) is 3. The maximum absolute atomic E-state index is 14.7. The smallest absolute Gasteiger partial charge is 0.308 e. The number of nitrogens with one attached hydrogen (secondary N) is 1. The highest BCUT2D eigenvalue weighted by Gasteiger charge is 2.51. The molecule has 1 aromatic carbocycles. The highest BCUT2D eigenvalue weighted by Crippen LogP contribution is 2.48. The first kappa shape index (κ1) is 24.3. The SMILES string of the molecule is CCOC(=O)C1CCC(Oc2cc(C(=O)N[C@@H]3[C@H]4CC[C@H](C4)[C@@H]3C(=O)O)c(OC)cc2F)CC1. The average Bonchev–Trinajstić information content (AvgIpc) is 3.42. The molecule has 0 spiro atoms. The van der Waals surface area contributed by atoms with Gasteiger partial charge in [-0.05, 0) is 69.8 Å². The van der Waals surface area contributed by atoms with Crippen molar-refractivity contribution in [2.75, 3.05) is 13.7 Å². The zero-order chi connectivity index (χ0) is 24.4. The number of hydrogen-bond acceptors (Lipinski definition) is 6. The van der Waals surface area contributed by atoms with Crippen molar-refractivity contribution in [1.82, 2.24) is 5.32 Å². The summed E-state index contributed by atoms with van der Waals surface area (Å²) in [5, 5.41) is 12.5. The maximum Gasteiger partial charge on any atom is 0.308 e. The van der Waals surface area contributed by atoms with Gasteiger partial charge in [0.25, 0.3) is 5.91 Å². The summed E-state index contributed by atoms with van der Waals surface area (Å²) >= 11 is 0. The van der Waals surface area contributed by atoms with Crippen LogP contribution in [0.15, 0.2) is 12.1 Å². The molecular weight excluding hydrogens is 445 g/mol. The Balaban J connectivity index is 1.46. The standard InChI is InChI=1S/C25H32FNO7/c1-3-33-25(31)13-6-8-16(9-7-13)34-20-11-17(19(32-2)12-18(20)26)23(28)27-22-15-5-4-14(10-15)21(22)24(29)30/h11-16,21-22H,3-10H2,1-2H3,(H,27,28)(H,29,30)/t13?,14-,15+,16?,21+,22-/m1/s1. The molecule has 9 heteroatoms. The van der Waals surface area contributed by atoms with E-state index in [9.17, 15) is 23.9 Å². The highest BCUT2D eigenvalue weighted by atomic mass is 19.1. The Kier molecular flexibility index (Phi) is 7.28. The average molecular weight is 478 g/mol. The topological polar surface area (TPSA) is 111 Å². The monoisotopic (exact) mass is 477 g/mol. The Bertz CT molecular complexity index is 943. The lowest BCUT2D eigenvalue weighted by Gasteiger charge is -2.29. The lowest BCUT2D eigenvalue weighted by molar-refractivity contribution is -0.149. The van der Waals surface area contributed by atoms with E-state index in [0.717, 1.165) is 25.3 Å². The van der Waals surface area contributed by atoms with Crippen LogP contribution in [0.25, 0.3) is 0 Å². The molecule has 8 nitrogen and oxygen atoms in total. The van der Waals surface area contributed by atoms with Crippen molar-refractivity contribution >= 4 is 17.8 Å². The summed E-state index contributed by atoms with van der Waals surface area (Å²) in [6.07, 6.45) is 4.60. The van der Waals surface area contributed by atoms with Crippen LogP contribution >= 0.6 is 0 Å². The van der Waals surface area contributed by atoms with Gasteiger partial charge in [-0.25, -0.2) is 4.39 Å². The minimum atomic E-state index is -0.897. The van der Waals surface area contributed by atoms with E-state index < -0.39 is 29.7 Å². The molecule has 1 aromatic rings. The van der Waals surface area contributed by atoms with Crippen molar-refractivity contribution in [3.05, 3.63) is 23.5 Å². The highest BCUT2D eigenvalue weighted by molar-refractivity contribution is 5.98. The molecule has 0 unspecified atom stereocenters. The van der Waals surface area contributed by atoms with Crippen LogP contribution in [-0.2, 0) is 14.3 Å². The zero-order valence-electron chi connectivity index (χ0n) is 19.6. The van der Waals surface area contributed by atoms with Crippen molar-refractivity contribution in [2.45, 2.75) is 64.0 Å². The van der Waals surface area contributed by atoms with Crippen LogP contribution in [-0.4, -0.2) is 48.8 Å². The zero-order valence-corrected chi connectivity index (χ0v) is 19.6. The number of aliphatic carboxylic acids is 1. The van der Waals surface area contributed by atoms with Gasteiger partial charge >= 0.3 is 11.9 Å². The van der Waals surface area contributed by atoms with Gasteiger partial charge in [-0.2, -0.15) is 0 Å².